The van der Waals surface area contributed by atoms with E-state index < -0.39 is 0 Å². The monoisotopic (exact) mass is 247 g/mol. The summed E-state index contributed by atoms with van der Waals surface area (Å²) in [4.78, 5) is 0. The van der Waals surface area contributed by atoms with E-state index in [-0.39, 0.29) is 15.8 Å². The van der Waals surface area contributed by atoms with Crippen molar-refractivity contribution in [1.29, 1.82) is 0 Å². The maximum atomic E-state index is 7.75. The highest BCUT2D eigenvalue weighted by molar-refractivity contribution is 6.51. The van der Waals surface area contributed by atoms with E-state index in [1.165, 1.54) is 0 Å². The van der Waals surface area contributed by atoms with Crippen molar-refractivity contribution in [3.63, 3.8) is 0 Å². The summed E-state index contributed by atoms with van der Waals surface area (Å²) in [7, 11) is 0. The predicted molar refractivity (Wildman–Crippen MR) is 62.0 cm³/mol. The van der Waals surface area contributed by atoms with Crippen LogP contribution in [0.25, 0.3) is 10.8 Å². The van der Waals surface area contributed by atoms with Gasteiger partial charge in [0.05, 0.1) is 15.4 Å². The molecule has 0 bridgehead atoms. The van der Waals surface area contributed by atoms with Gasteiger partial charge >= 0.3 is 0 Å². The lowest BCUT2D eigenvalue weighted by Crippen LogP contribution is -1.79. The summed E-state index contributed by atoms with van der Waals surface area (Å²) in [6.45, 7) is 0. The molecule has 2 rings (SSSR count). The van der Waals surface area contributed by atoms with Gasteiger partial charge in [-0.05, 0) is 6.07 Å². The van der Waals surface area contributed by atoms with Crippen LogP contribution < -0.4 is 0 Å². The van der Waals surface area contributed by atoms with E-state index in [1.807, 2.05) is 18.2 Å². The number of rotatable bonds is 0. The van der Waals surface area contributed by atoms with Crippen molar-refractivity contribution in [3.8, 4) is 5.75 Å². The Labute approximate surface area is 95.8 Å². The highest BCUT2D eigenvalue weighted by Gasteiger charge is 2.17. The summed E-state index contributed by atoms with van der Waals surface area (Å²) in [5.74, 6) is 0.219. The van der Waals surface area contributed by atoms with E-state index in [0.29, 0.717) is 10.4 Å². The standard InChI is InChI=1S/C10H5Cl3O/c11-7-5-3-1-2-4-6(5)10(14)9(13)8(7)12/h1-4,14H/p+1. The Bertz CT molecular complexity index is 462. The summed E-state index contributed by atoms with van der Waals surface area (Å²) in [5, 5.41) is 10.1. The van der Waals surface area contributed by atoms with Crippen molar-refractivity contribution < 1.29 is 5.11 Å². The van der Waals surface area contributed by atoms with E-state index in [1.54, 1.807) is 6.07 Å². The Morgan fingerprint density at radius 3 is 2.00 bits per heavy atom. The van der Waals surface area contributed by atoms with Gasteiger partial charge in [-0.25, -0.2) is 0 Å². The molecule has 0 aromatic heterocycles. The number of halogens is 3. The Kier molecular flexibility index (Phi) is 2.48. The molecule has 0 fully saturated rings. The van der Waals surface area contributed by atoms with Crippen LogP contribution in [0.1, 0.15) is 0 Å². The lowest BCUT2D eigenvalue weighted by molar-refractivity contribution is 0.482. The first-order valence-corrected chi connectivity index (χ1v) is 5.03. The molecule has 0 spiro atoms. The first-order chi connectivity index (χ1) is 6.63. The molecule has 0 saturated carbocycles. The van der Waals surface area contributed by atoms with Crippen molar-refractivity contribution in [2.75, 3.05) is 0 Å². The molecule has 72 valence electrons. The molecular weight excluding hydrogens is 242 g/mol. The smallest absolute Gasteiger partial charge is 0.282 e. The van der Waals surface area contributed by atoms with Gasteiger partial charge in [-0.15, -0.1) is 0 Å². The lowest BCUT2D eigenvalue weighted by atomic mass is 10.1. The molecule has 4 heteroatoms. The van der Waals surface area contributed by atoms with Gasteiger partial charge in [0.15, 0.2) is 5.02 Å². The minimum atomic E-state index is 0.204. The number of fused-ring (bicyclic) bond motifs is 1. The first kappa shape index (κ1) is 9.91. The average molecular weight is 249 g/mol. The summed E-state index contributed by atoms with van der Waals surface area (Å²) in [6, 6.07) is 7.29. The topological polar surface area (TPSA) is 22.9 Å². The fourth-order valence-electron chi connectivity index (χ4n) is 1.34. The summed E-state index contributed by atoms with van der Waals surface area (Å²) in [5.41, 5.74) is 0. The van der Waals surface area contributed by atoms with Gasteiger partial charge in [-0.1, -0.05) is 53.0 Å². The van der Waals surface area contributed by atoms with Crippen LogP contribution >= 0.6 is 34.8 Å². The zero-order valence-electron chi connectivity index (χ0n) is 6.94. The first-order valence-electron chi connectivity index (χ1n) is 3.89. The van der Waals surface area contributed by atoms with Gasteiger partial charge in [0.2, 0.25) is 0 Å². The number of benzene rings is 2. The SMILES string of the molecule is [OH2+]c1c(Cl)c(Cl)c(Cl)c2ccccc12. The molecule has 2 aromatic carbocycles. The minimum Gasteiger partial charge on any atom is -0.592 e. The normalized spacial score (nSPS) is 10.8. The van der Waals surface area contributed by atoms with Crippen molar-refractivity contribution in [2.45, 2.75) is 0 Å². The molecule has 2 N–H and O–H groups in total. The second kappa shape index (κ2) is 3.50. The van der Waals surface area contributed by atoms with Crippen LogP contribution in [-0.2, 0) is 0 Å². The maximum absolute atomic E-state index is 7.75. The van der Waals surface area contributed by atoms with Gasteiger partial charge in [-0.3, -0.25) is 0 Å². The molecule has 14 heavy (non-hydrogen) atoms. The highest BCUT2D eigenvalue weighted by Crippen LogP contribution is 2.43. The predicted octanol–water partition coefficient (Wildman–Crippen LogP) is 4.24. The number of hydrogen-bond donors (Lipinski definition) is 0. The van der Waals surface area contributed by atoms with E-state index in [4.69, 9.17) is 39.9 Å². The zero-order chi connectivity index (χ0) is 10.3. The molecule has 0 aliphatic heterocycles. The van der Waals surface area contributed by atoms with E-state index in [9.17, 15) is 0 Å². The maximum Gasteiger partial charge on any atom is 0.282 e. The minimum absolute atomic E-state index is 0.204. The van der Waals surface area contributed by atoms with Crippen LogP contribution in [0.5, 0.6) is 5.75 Å². The Hall–Kier alpha value is -0.630. The van der Waals surface area contributed by atoms with Crippen molar-refractivity contribution in [1.82, 2.24) is 0 Å². The van der Waals surface area contributed by atoms with Gasteiger partial charge in [0, 0.05) is 5.39 Å². The molecule has 1 nitrogen and oxygen atoms in total. The lowest BCUT2D eigenvalue weighted by Gasteiger charge is -2.04. The van der Waals surface area contributed by atoms with Crippen molar-refractivity contribution in [2.24, 2.45) is 0 Å². The van der Waals surface area contributed by atoms with Crippen LogP contribution in [0.2, 0.25) is 15.1 Å². The molecule has 0 aliphatic rings. The molecule has 0 heterocycles. The van der Waals surface area contributed by atoms with E-state index >= 15 is 0 Å². The number of hydrogen-bond acceptors (Lipinski definition) is 0. The van der Waals surface area contributed by atoms with Gasteiger partial charge in [-0.2, -0.15) is 0 Å². The van der Waals surface area contributed by atoms with Gasteiger partial charge < -0.3 is 5.11 Å². The van der Waals surface area contributed by atoms with Crippen LogP contribution in [-0.4, -0.2) is 5.11 Å². The molecule has 0 amide bonds. The van der Waals surface area contributed by atoms with Crippen LogP contribution in [0.15, 0.2) is 24.3 Å². The fourth-order valence-corrected chi connectivity index (χ4v) is 2.04. The summed E-state index contributed by atoms with van der Waals surface area (Å²) in [6.07, 6.45) is 0. The second-order valence-electron chi connectivity index (χ2n) is 2.86. The largest absolute Gasteiger partial charge is 0.592 e. The molecule has 0 atom stereocenters. The Morgan fingerprint density at radius 1 is 0.786 bits per heavy atom. The molecular formula is C10H6Cl3O+. The third-order valence-corrected chi connectivity index (χ3v) is 3.38. The Balaban J connectivity index is 3.02. The van der Waals surface area contributed by atoms with Gasteiger partial charge in [0.1, 0.15) is 0 Å². The molecule has 2 aromatic rings. The second-order valence-corrected chi connectivity index (χ2v) is 4.00. The highest BCUT2D eigenvalue weighted by atomic mass is 35.5. The third kappa shape index (κ3) is 1.33. The zero-order valence-corrected chi connectivity index (χ0v) is 9.21. The Morgan fingerprint density at radius 2 is 1.36 bits per heavy atom. The van der Waals surface area contributed by atoms with Crippen LogP contribution in [0.4, 0.5) is 0 Å². The molecule has 0 radical (unpaired) electrons. The van der Waals surface area contributed by atoms with Crippen molar-refractivity contribution >= 4 is 45.6 Å². The molecule has 0 saturated heterocycles. The van der Waals surface area contributed by atoms with Gasteiger partial charge in [0.25, 0.3) is 5.75 Å². The fraction of sp³-hybridized carbons (Fsp3) is 0. The van der Waals surface area contributed by atoms with Crippen LogP contribution in [0.3, 0.4) is 0 Å². The van der Waals surface area contributed by atoms with Crippen molar-refractivity contribution in [3.05, 3.63) is 39.3 Å². The summed E-state index contributed by atoms with van der Waals surface area (Å²) < 4.78 is 0. The summed E-state index contributed by atoms with van der Waals surface area (Å²) >= 11 is 17.7. The average Bonchev–Trinajstić information content (AvgIpc) is 2.23. The molecule has 0 unspecified atom stereocenters. The van der Waals surface area contributed by atoms with Crippen LogP contribution in [0, 0.1) is 0 Å². The van der Waals surface area contributed by atoms with E-state index in [0.717, 1.165) is 5.39 Å². The van der Waals surface area contributed by atoms with E-state index in [2.05, 4.69) is 0 Å². The third-order valence-electron chi connectivity index (χ3n) is 2.04. The molecule has 0 aliphatic carbocycles. The quantitative estimate of drug-likeness (QED) is 0.492.